The molecule has 0 saturated heterocycles. The highest BCUT2D eigenvalue weighted by atomic mass is 16.4. The first kappa shape index (κ1) is 22.3. The second-order valence-electron chi connectivity index (χ2n) is 2.72. The van der Waals surface area contributed by atoms with Gasteiger partial charge in [0, 0.05) is 18.6 Å². The fourth-order valence-electron chi connectivity index (χ4n) is 0.272. The van der Waals surface area contributed by atoms with Crippen LogP contribution in [0.1, 0.15) is 19.8 Å². The Labute approximate surface area is 112 Å². The van der Waals surface area contributed by atoms with Crippen molar-refractivity contribution in [3.05, 3.63) is 12.2 Å². The van der Waals surface area contributed by atoms with Gasteiger partial charge in [-0.25, -0.2) is 9.59 Å². The van der Waals surface area contributed by atoms with Crippen molar-refractivity contribution in [3.63, 3.8) is 0 Å². The Morgan fingerprint density at radius 3 is 1.00 bits per heavy atom. The second-order valence-corrected chi connectivity index (χ2v) is 2.72. The van der Waals surface area contributed by atoms with Gasteiger partial charge in [-0.1, -0.05) is 6.92 Å². The SMILES string of the molecule is CCC(=O)O.O=C(O)/C=C\C(=O)O.O=C(O)CC(=O)O. The molecule has 0 fully saturated rings. The maximum absolute atomic E-state index is 9.55. The molecule has 0 spiro atoms. The van der Waals surface area contributed by atoms with Gasteiger partial charge in [0.25, 0.3) is 0 Å². The van der Waals surface area contributed by atoms with E-state index in [-0.39, 0.29) is 6.42 Å². The molecule has 0 aromatic heterocycles. The van der Waals surface area contributed by atoms with Crippen LogP contribution in [0.25, 0.3) is 0 Å². The zero-order chi connectivity index (χ0) is 16.7. The lowest BCUT2D eigenvalue weighted by atomic mass is 10.5. The quantitative estimate of drug-likeness (QED) is 0.334. The van der Waals surface area contributed by atoms with Crippen LogP contribution in [-0.2, 0) is 24.0 Å². The molecule has 0 aromatic rings. The van der Waals surface area contributed by atoms with E-state index in [1.165, 1.54) is 0 Å². The van der Waals surface area contributed by atoms with Crippen molar-refractivity contribution in [2.45, 2.75) is 19.8 Å². The van der Waals surface area contributed by atoms with Crippen molar-refractivity contribution < 1.29 is 49.5 Å². The van der Waals surface area contributed by atoms with E-state index in [1.54, 1.807) is 6.92 Å². The first-order valence-corrected chi connectivity index (χ1v) is 4.82. The van der Waals surface area contributed by atoms with E-state index < -0.39 is 36.3 Å². The molecule has 5 N–H and O–H groups in total. The number of hydrogen-bond acceptors (Lipinski definition) is 5. The highest BCUT2D eigenvalue weighted by Gasteiger charge is 2.01. The minimum Gasteiger partial charge on any atom is -0.481 e. The Balaban J connectivity index is -0.000000223. The fourth-order valence-corrected chi connectivity index (χ4v) is 0.272. The molecule has 114 valence electrons. The largest absolute Gasteiger partial charge is 0.481 e. The molecular formula is C10H14O10. The van der Waals surface area contributed by atoms with Gasteiger partial charge in [0.2, 0.25) is 0 Å². The van der Waals surface area contributed by atoms with Crippen LogP contribution in [0, 0.1) is 0 Å². The van der Waals surface area contributed by atoms with Crippen molar-refractivity contribution >= 4 is 29.8 Å². The summed E-state index contributed by atoms with van der Waals surface area (Å²) in [5.41, 5.74) is 0. The fraction of sp³-hybridized carbons (Fsp3) is 0.300. The lowest BCUT2D eigenvalue weighted by Gasteiger charge is -1.80. The first-order chi connectivity index (χ1) is 9.02. The molecule has 0 rings (SSSR count). The standard InChI is InChI=1S/C4H4O4.C3H4O4.C3H6O2/c5-3(6)1-2-4(7)8;4-2(5)1-3(6)7;1-2-3(4)5/h1-2H,(H,5,6)(H,7,8);1H2,(H,4,5)(H,6,7);2H2,1H3,(H,4,5)/b2-1-;;. The summed E-state index contributed by atoms with van der Waals surface area (Å²) < 4.78 is 0. The number of hydrogen-bond donors (Lipinski definition) is 5. The molecule has 10 nitrogen and oxygen atoms in total. The van der Waals surface area contributed by atoms with E-state index in [0.29, 0.717) is 12.2 Å². The summed E-state index contributed by atoms with van der Waals surface area (Å²) in [5, 5.41) is 38.8. The monoisotopic (exact) mass is 294 g/mol. The molecule has 10 heteroatoms. The summed E-state index contributed by atoms with van der Waals surface area (Å²) in [6.45, 7) is 1.60. The summed E-state index contributed by atoms with van der Waals surface area (Å²) in [6, 6.07) is 0. The van der Waals surface area contributed by atoms with Gasteiger partial charge in [0.05, 0.1) is 0 Å². The van der Waals surface area contributed by atoms with Gasteiger partial charge in [-0.15, -0.1) is 0 Å². The summed E-state index contributed by atoms with van der Waals surface area (Å²) in [4.78, 5) is 47.3. The smallest absolute Gasteiger partial charge is 0.328 e. The van der Waals surface area contributed by atoms with Crippen LogP contribution in [0.3, 0.4) is 0 Å². The van der Waals surface area contributed by atoms with Gasteiger partial charge < -0.3 is 25.5 Å². The number of carboxylic acid groups (broad SMARTS) is 5. The molecule has 0 bridgehead atoms. The molecule has 0 atom stereocenters. The normalized spacial score (nSPS) is 8.45. The van der Waals surface area contributed by atoms with Crippen molar-refractivity contribution in [1.82, 2.24) is 0 Å². The van der Waals surface area contributed by atoms with Crippen LogP contribution in [0.5, 0.6) is 0 Å². The Hall–Kier alpha value is -2.91. The van der Waals surface area contributed by atoms with Crippen LogP contribution in [0.15, 0.2) is 12.2 Å². The van der Waals surface area contributed by atoms with Crippen molar-refractivity contribution in [2.24, 2.45) is 0 Å². The minimum atomic E-state index is -1.31. The first-order valence-electron chi connectivity index (χ1n) is 4.82. The zero-order valence-electron chi connectivity index (χ0n) is 10.3. The highest BCUT2D eigenvalue weighted by molar-refractivity contribution is 5.89. The molecule has 0 aromatic carbocycles. The molecule has 0 aliphatic carbocycles. The maximum atomic E-state index is 9.55. The third-order valence-corrected chi connectivity index (χ3v) is 0.973. The van der Waals surface area contributed by atoms with Crippen LogP contribution >= 0.6 is 0 Å². The van der Waals surface area contributed by atoms with Gasteiger partial charge in [-0.05, 0) is 0 Å². The average molecular weight is 294 g/mol. The van der Waals surface area contributed by atoms with Gasteiger partial charge in [-0.2, -0.15) is 0 Å². The second kappa shape index (κ2) is 14.2. The number of rotatable bonds is 5. The molecule has 20 heavy (non-hydrogen) atoms. The number of carboxylic acids is 5. The van der Waals surface area contributed by atoms with Gasteiger partial charge >= 0.3 is 29.8 Å². The molecular weight excluding hydrogens is 280 g/mol. The Kier molecular flexibility index (Phi) is 15.8. The summed E-state index contributed by atoms with van der Waals surface area (Å²) in [7, 11) is 0. The molecule has 0 heterocycles. The van der Waals surface area contributed by atoms with E-state index in [0.717, 1.165) is 0 Å². The lowest BCUT2D eigenvalue weighted by molar-refractivity contribution is -0.147. The molecule has 0 aliphatic rings. The van der Waals surface area contributed by atoms with Gasteiger partial charge in [0.15, 0.2) is 0 Å². The third-order valence-electron chi connectivity index (χ3n) is 0.973. The topological polar surface area (TPSA) is 186 Å². The van der Waals surface area contributed by atoms with E-state index in [1.807, 2.05) is 0 Å². The Morgan fingerprint density at radius 1 is 0.700 bits per heavy atom. The van der Waals surface area contributed by atoms with E-state index in [9.17, 15) is 24.0 Å². The average Bonchev–Trinajstić information content (AvgIpc) is 2.26. The Morgan fingerprint density at radius 2 is 0.950 bits per heavy atom. The van der Waals surface area contributed by atoms with Crippen LogP contribution in [0.4, 0.5) is 0 Å². The number of carbonyl (C=O) groups is 5. The predicted octanol–water partition coefficient (Wildman–Crippen LogP) is -0.261. The third kappa shape index (κ3) is 45.8. The molecule has 0 amide bonds. The van der Waals surface area contributed by atoms with Crippen molar-refractivity contribution in [3.8, 4) is 0 Å². The predicted molar refractivity (Wildman–Crippen MR) is 62.2 cm³/mol. The zero-order valence-corrected chi connectivity index (χ0v) is 10.3. The number of aliphatic carboxylic acids is 5. The lowest BCUT2D eigenvalue weighted by Crippen LogP contribution is -2.03. The molecule has 0 unspecified atom stereocenters. The van der Waals surface area contributed by atoms with Gasteiger partial charge in [-0.3, -0.25) is 14.4 Å². The maximum Gasteiger partial charge on any atom is 0.328 e. The van der Waals surface area contributed by atoms with Gasteiger partial charge in [0.1, 0.15) is 6.42 Å². The van der Waals surface area contributed by atoms with Crippen molar-refractivity contribution in [2.75, 3.05) is 0 Å². The molecule has 0 aliphatic heterocycles. The minimum absolute atomic E-state index is 0.222. The van der Waals surface area contributed by atoms with Crippen LogP contribution < -0.4 is 0 Å². The summed E-state index contributed by atoms with van der Waals surface area (Å²) >= 11 is 0. The molecule has 0 saturated carbocycles. The summed E-state index contributed by atoms with van der Waals surface area (Å²) in [6.07, 6.45) is 0.532. The van der Waals surface area contributed by atoms with Crippen molar-refractivity contribution in [1.29, 1.82) is 0 Å². The summed E-state index contributed by atoms with van der Waals surface area (Å²) in [5.74, 6) is -5.88. The van der Waals surface area contributed by atoms with Crippen LogP contribution in [-0.4, -0.2) is 55.4 Å². The Bertz CT molecular complexity index is 353. The van der Waals surface area contributed by atoms with E-state index in [4.69, 9.17) is 25.5 Å². The van der Waals surface area contributed by atoms with Crippen LogP contribution in [0.2, 0.25) is 0 Å². The van der Waals surface area contributed by atoms with E-state index in [2.05, 4.69) is 0 Å². The van der Waals surface area contributed by atoms with E-state index >= 15 is 0 Å². The molecule has 0 radical (unpaired) electrons. The highest BCUT2D eigenvalue weighted by Crippen LogP contribution is 1.74.